The SMILES string of the molecule is CC1CCCC(NC(=O)NC(CC(=O)O)C2CC2)C1C. The Labute approximate surface area is 120 Å². The van der Waals surface area contributed by atoms with Gasteiger partial charge in [-0.1, -0.05) is 26.7 Å². The van der Waals surface area contributed by atoms with Gasteiger partial charge in [0.05, 0.1) is 6.42 Å². The van der Waals surface area contributed by atoms with E-state index in [1.165, 1.54) is 6.42 Å². The number of aliphatic carboxylic acids is 1. The molecule has 0 heterocycles. The molecule has 2 amide bonds. The smallest absolute Gasteiger partial charge is 0.315 e. The first kappa shape index (κ1) is 15.1. The van der Waals surface area contributed by atoms with Crippen molar-refractivity contribution in [3.8, 4) is 0 Å². The maximum atomic E-state index is 12.1. The topological polar surface area (TPSA) is 78.4 Å². The molecular formula is C15H26N2O3. The molecule has 5 heteroatoms. The van der Waals surface area contributed by atoms with E-state index < -0.39 is 5.97 Å². The first-order valence-corrected chi connectivity index (χ1v) is 7.76. The van der Waals surface area contributed by atoms with Crippen LogP contribution in [0.25, 0.3) is 0 Å². The molecule has 2 rings (SSSR count). The highest BCUT2D eigenvalue weighted by atomic mass is 16.4. The van der Waals surface area contributed by atoms with Gasteiger partial charge in [0.1, 0.15) is 0 Å². The van der Waals surface area contributed by atoms with Crippen molar-refractivity contribution >= 4 is 12.0 Å². The summed E-state index contributed by atoms with van der Waals surface area (Å²) in [7, 11) is 0. The van der Waals surface area contributed by atoms with Crippen LogP contribution in [-0.2, 0) is 4.79 Å². The summed E-state index contributed by atoms with van der Waals surface area (Å²) in [4.78, 5) is 22.9. The molecule has 0 spiro atoms. The maximum Gasteiger partial charge on any atom is 0.315 e. The van der Waals surface area contributed by atoms with Crippen molar-refractivity contribution in [2.75, 3.05) is 0 Å². The van der Waals surface area contributed by atoms with E-state index in [2.05, 4.69) is 24.5 Å². The van der Waals surface area contributed by atoms with E-state index in [9.17, 15) is 9.59 Å². The average molecular weight is 282 g/mol. The second-order valence-electron chi connectivity index (χ2n) is 6.53. The minimum absolute atomic E-state index is 0.0225. The van der Waals surface area contributed by atoms with Gasteiger partial charge >= 0.3 is 12.0 Å². The van der Waals surface area contributed by atoms with E-state index in [4.69, 9.17) is 5.11 Å². The molecule has 20 heavy (non-hydrogen) atoms. The molecular weight excluding hydrogens is 256 g/mol. The normalized spacial score (nSPS) is 31.4. The number of hydrogen-bond donors (Lipinski definition) is 3. The molecule has 2 aliphatic rings. The number of nitrogens with one attached hydrogen (secondary N) is 2. The molecule has 0 aliphatic heterocycles. The summed E-state index contributed by atoms with van der Waals surface area (Å²) in [5, 5.41) is 14.8. The van der Waals surface area contributed by atoms with Crippen LogP contribution in [0.15, 0.2) is 0 Å². The van der Waals surface area contributed by atoms with Crippen molar-refractivity contribution < 1.29 is 14.7 Å². The lowest BCUT2D eigenvalue weighted by molar-refractivity contribution is -0.137. The lowest BCUT2D eigenvalue weighted by atomic mass is 9.78. The van der Waals surface area contributed by atoms with Crippen molar-refractivity contribution in [2.45, 2.75) is 64.5 Å². The molecule has 5 nitrogen and oxygen atoms in total. The molecule has 4 unspecified atom stereocenters. The maximum absolute atomic E-state index is 12.1. The summed E-state index contributed by atoms with van der Waals surface area (Å²) in [6.07, 6.45) is 5.47. The molecule has 2 aliphatic carbocycles. The fourth-order valence-electron chi connectivity index (χ4n) is 3.19. The molecule has 0 aromatic heterocycles. The van der Waals surface area contributed by atoms with Crippen molar-refractivity contribution in [3.05, 3.63) is 0 Å². The van der Waals surface area contributed by atoms with E-state index >= 15 is 0 Å². The number of carboxylic acids is 1. The molecule has 2 saturated carbocycles. The highest BCUT2D eigenvalue weighted by molar-refractivity contribution is 5.76. The van der Waals surface area contributed by atoms with Crippen LogP contribution in [0.5, 0.6) is 0 Å². The molecule has 0 aromatic rings. The number of rotatable bonds is 5. The summed E-state index contributed by atoms with van der Waals surface area (Å²) in [5.41, 5.74) is 0. The van der Waals surface area contributed by atoms with Crippen LogP contribution in [0.3, 0.4) is 0 Å². The number of carboxylic acid groups (broad SMARTS) is 1. The third kappa shape index (κ3) is 4.12. The quantitative estimate of drug-likeness (QED) is 0.724. The minimum Gasteiger partial charge on any atom is -0.481 e. The zero-order valence-corrected chi connectivity index (χ0v) is 12.4. The number of amides is 2. The van der Waals surface area contributed by atoms with Gasteiger partial charge in [0.25, 0.3) is 0 Å². The van der Waals surface area contributed by atoms with Crippen LogP contribution in [0.4, 0.5) is 4.79 Å². The predicted octanol–water partition coefficient (Wildman–Crippen LogP) is 2.36. The largest absolute Gasteiger partial charge is 0.481 e. The second-order valence-corrected chi connectivity index (χ2v) is 6.53. The summed E-state index contributed by atoms with van der Waals surface area (Å²) < 4.78 is 0. The van der Waals surface area contributed by atoms with Crippen molar-refractivity contribution in [3.63, 3.8) is 0 Å². The Bertz CT molecular complexity index is 368. The molecule has 0 bridgehead atoms. The zero-order valence-electron chi connectivity index (χ0n) is 12.4. The third-order valence-corrected chi connectivity index (χ3v) is 4.93. The lowest BCUT2D eigenvalue weighted by Crippen LogP contribution is -2.51. The highest BCUT2D eigenvalue weighted by Gasteiger charge is 2.35. The Morgan fingerprint density at radius 3 is 2.50 bits per heavy atom. The standard InChI is InChI=1S/C15H26N2O3/c1-9-4-3-5-12(10(9)2)16-15(20)17-13(8-14(18)19)11-6-7-11/h9-13H,3-8H2,1-2H3,(H,18,19)(H2,16,17,20). The Kier molecular flexibility index (Phi) is 4.89. The van der Waals surface area contributed by atoms with Crippen LogP contribution in [-0.4, -0.2) is 29.2 Å². The van der Waals surface area contributed by atoms with E-state index in [1.54, 1.807) is 0 Å². The molecule has 0 radical (unpaired) electrons. The molecule has 0 saturated heterocycles. The summed E-state index contributed by atoms with van der Waals surface area (Å²) in [5.74, 6) is 0.613. The summed E-state index contributed by atoms with van der Waals surface area (Å²) in [6, 6.07) is -0.207. The highest BCUT2D eigenvalue weighted by Crippen LogP contribution is 2.34. The van der Waals surface area contributed by atoms with Gasteiger partial charge in [0.2, 0.25) is 0 Å². The van der Waals surface area contributed by atoms with Gasteiger partial charge in [-0.05, 0) is 37.0 Å². The fraction of sp³-hybridized carbons (Fsp3) is 0.867. The monoisotopic (exact) mass is 282 g/mol. The molecule has 3 N–H and O–H groups in total. The number of hydrogen-bond acceptors (Lipinski definition) is 2. The number of carbonyl (C=O) groups is 2. The van der Waals surface area contributed by atoms with E-state index in [-0.39, 0.29) is 24.5 Å². The Hall–Kier alpha value is -1.26. The molecule has 2 fully saturated rings. The van der Waals surface area contributed by atoms with Gasteiger partial charge in [0.15, 0.2) is 0 Å². The molecule has 114 valence electrons. The Morgan fingerprint density at radius 2 is 1.90 bits per heavy atom. The summed E-state index contributed by atoms with van der Waals surface area (Å²) in [6.45, 7) is 4.41. The Morgan fingerprint density at radius 1 is 1.20 bits per heavy atom. The first-order chi connectivity index (χ1) is 9.47. The van der Waals surface area contributed by atoms with Crippen molar-refractivity contribution in [1.82, 2.24) is 10.6 Å². The van der Waals surface area contributed by atoms with Crippen molar-refractivity contribution in [1.29, 1.82) is 0 Å². The van der Waals surface area contributed by atoms with Crippen LogP contribution in [0.1, 0.15) is 52.4 Å². The Balaban J connectivity index is 1.82. The van der Waals surface area contributed by atoms with E-state index in [1.807, 2.05) is 0 Å². The summed E-state index contributed by atoms with van der Waals surface area (Å²) >= 11 is 0. The van der Waals surface area contributed by atoms with Gasteiger partial charge in [-0.15, -0.1) is 0 Å². The van der Waals surface area contributed by atoms with Gasteiger partial charge in [0, 0.05) is 12.1 Å². The van der Waals surface area contributed by atoms with Crippen molar-refractivity contribution in [2.24, 2.45) is 17.8 Å². The van der Waals surface area contributed by atoms with Crippen LogP contribution in [0.2, 0.25) is 0 Å². The van der Waals surface area contributed by atoms with Gasteiger partial charge in [-0.2, -0.15) is 0 Å². The number of carbonyl (C=O) groups excluding carboxylic acids is 1. The predicted molar refractivity (Wildman–Crippen MR) is 76.4 cm³/mol. The van der Waals surface area contributed by atoms with Crippen LogP contribution < -0.4 is 10.6 Å². The van der Waals surface area contributed by atoms with Crippen LogP contribution >= 0.6 is 0 Å². The van der Waals surface area contributed by atoms with Gasteiger partial charge in [-0.25, -0.2) is 4.79 Å². The van der Waals surface area contributed by atoms with Gasteiger partial charge < -0.3 is 15.7 Å². The third-order valence-electron chi connectivity index (χ3n) is 4.93. The van der Waals surface area contributed by atoms with Gasteiger partial charge in [-0.3, -0.25) is 4.79 Å². The zero-order chi connectivity index (χ0) is 14.7. The first-order valence-electron chi connectivity index (χ1n) is 7.76. The fourth-order valence-corrected chi connectivity index (χ4v) is 3.19. The molecule has 0 aromatic carbocycles. The minimum atomic E-state index is -0.846. The van der Waals surface area contributed by atoms with E-state index in [0.29, 0.717) is 17.8 Å². The van der Waals surface area contributed by atoms with E-state index in [0.717, 1.165) is 25.7 Å². The second kappa shape index (κ2) is 6.46. The lowest BCUT2D eigenvalue weighted by Gasteiger charge is -2.35. The number of urea groups is 1. The molecule has 4 atom stereocenters. The average Bonchev–Trinajstić information content (AvgIpc) is 3.17. The van der Waals surface area contributed by atoms with Crippen LogP contribution in [0, 0.1) is 17.8 Å².